The Morgan fingerprint density at radius 2 is 1.42 bits per heavy atom. The monoisotopic (exact) mass is 1020 g/mol. The summed E-state index contributed by atoms with van der Waals surface area (Å²) < 4.78 is 21.3. The molecule has 0 fully saturated rings. The molecule has 0 aromatic heterocycles. The molecular weight excluding hydrogens is 973 g/mol. The standard InChI is InChI=1S/C13H27IO5Si.C8H9I.C4H6IN.CH4IP/c1-13(2,14)12(15)19-10-8-6-7-9-11-20(16-3,17-4)18-5;1-7(9)8-5-3-2-4-6-8;1-4(2,5)3-6;1-3-2/h6-11H2,1-5H3;2-7H,1H3;1-2H3;3H,1H3. The van der Waals surface area contributed by atoms with Crippen LogP contribution in [0.1, 0.15) is 69.8 Å². The first kappa shape index (κ1) is 44.1. The van der Waals surface area contributed by atoms with Crippen LogP contribution in [0.5, 0.6) is 0 Å². The van der Waals surface area contributed by atoms with Gasteiger partial charge < -0.3 is 18.0 Å². The van der Waals surface area contributed by atoms with Gasteiger partial charge in [-0.3, -0.25) is 4.79 Å². The van der Waals surface area contributed by atoms with Gasteiger partial charge in [-0.1, -0.05) is 139 Å². The highest BCUT2D eigenvalue weighted by molar-refractivity contribution is 14.2. The summed E-state index contributed by atoms with van der Waals surface area (Å²) in [5.74, 6) is -0.150. The van der Waals surface area contributed by atoms with E-state index in [9.17, 15) is 4.79 Å². The molecule has 0 N–H and O–H groups in total. The Morgan fingerprint density at radius 3 is 1.74 bits per heavy atom. The number of nitrogens with zero attached hydrogens (tertiary/aromatic N) is 1. The molecule has 6 nitrogen and oxygen atoms in total. The van der Waals surface area contributed by atoms with Crippen LogP contribution in [0.2, 0.25) is 6.04 Å². The van der Waals surface area contributed by atoms with E-state index in [1.165, 1.54) is 5.56 Å². The third-order valence-corrected chi connectivity index (χ3v) is 8.79. The summed E-state index contributed by atoms with van der Waals surface area (Å²) in [6.07, 6.45) is 5.01. The zero-order chi connectivity index (χ0) is 30.3. The van der Waals surface area contributed by atoms with Crippen molar-refractivity contribution in [1.29, 1.82) is 5.26 Å². The Hall–Kier alpha value is 1.63. The Morgan fingerprint density at radius 1 is 1.00 bits per heavy atom. The van der Waals surface area contributed by atoms with Crippen LogP contribution < -0.4 is 0 Å². The molecule has 222 valence electrons. The minimum atomic E-state index is -2.41. The largest absolute Gasteiger partial charge is 0.500 e. The number of nitriles is 1. The normalized spacial score (nSPS) is 12.1. The van der Waals surface area contributed by atoms with Gasteiger partial charge in [0.2, 0.25) is 0 Å². The van der Waals surface area contributed by atoms with E-state index in [0.717, 1.165) is 38.0 Å². The lowest BCUT2D eigenvalue weighted by Crippen LogP contribution is -2.42. The maximum absolute atomic E-state index is 11.5. The molecule has 0 aliphatic heterocycles. The van der Waals surface area contributed by atoms with Crippen LogP contribution in [0.4, 0.5) is 0 Å². The summed E-state index contributed by atoms with van der Waals surface area (Å²) >= 11 is 8.89. The van der Waals surface area contributed by atoms with Gasteiger partial charge in [0, 0.05) is 31.3 Å². The SMILES string of the molecule is CC(C)(I)C#N.CC(I)c1ccccc1.CO[Si](CCCCCCOC(=O)C(C)(C)I)(OC)OC.CPI. The van der Waals surface area contributed by atoms with Gasteiger partial charge in [-0.25, -0.2) is 0 Å². The molecule has 0 bridgehead atoms. The van der Waals surface area contributed by atoms with Crippen molar-refractivity contribution in [3.8, 4) is 6.07 Å². The topological polar surface area (TPSA) is 77.8 Å². The quantitative estimate of drug-likeness (QED) is 0.0519. The highest BCUT2D eigenvalue weighted by Crippen LogP contribution is 2.21. The highest BCUT2D eigenvalue weighted by atomic mass is 127. The van der Waals surface area contributed by atoms with Gasteiger partial charge in [0.1, 0.15) is 6.84 Å². The predicted molar refractivity (Wildman–Crippen MR) is 200 cm³/mol. The zero-order valence-corrected chi connectivity index (χ0v) is 34.8. The smallest absolute Gasteiger partial charge is 0.465 e. The van der Waals surface area contributed by atoms with Crippen LogP contribution in [0.3, 0.4) is 0 Å². The summed E-state index contributed by atoms with van der Waals surface area (Å²) in [5.41, 5.74) is 1.40. The van der Waals surface area contributed by atoms with Crippen LogP contribution in [0.15, 0.2) is 30.3 Å². The maximum atomic E-state index is 11.5. The van der Waals surface area contributed by atoms with Gasteiger partial charge in [-0.15, -0.1) is 0 Å². The van der Waals surface area contributed by atoms with Crippen molar-refractivity contribution >= 4 is 111 Å². The van der Waals surface area contributed by atoms with Crippen LogP contribution in [0.25, 0.3) is 0 Å². The number of ether oxygens (including phenoxy) is 1. The molecular formula is C26H46I4NO5PSi. The summed E-state index contributed by atoms with van der Waals surface area (Å²) in [4.78, 5) is 11.5. The lowest BCUT2D eigenvalue weighted by molar-refractivity contribution is -0.145. The van der Waals surface area contributed by atoms with Crippen LogP contribution >= 0.6 is 96.0 Å². The number of carbonyl (C=O) groups excluding carboxylic acids is 1. The van der Waals surface area contributed by atoms with E-state index in [-0.39, 0.29) is 9.39 Å². The van der Waals surface area contributed by atoms with Crippen LogP contribution in [0, 0.1) is 11.3 Å². The Balaban J connectivity index is -0.000000553. The molecule has 0 amide bonds. The Bertz CT molecular complexity index is 730. The Kier molecular flexibility index (Phi) is 30.5. The van der Waals surface area contributed by atoms with Gasteiger partial charge in [0.05, 0.1) is 12.7 Å². The summed E-state index contributed by atoms with van der Waals surface area (Å²) in [6, 6.07) is 13.4. The first-order valence-corrected chi connectivity index (χ1v) is 22.1. The molecule has 0 saturated carbocycles. The fraction of sp³-hybridized carbons (Fsp3) is 0.692. The van der Waals surface area contributed by atoms with Crippen molar-refractivity contribution in [2.75, 3.05) is 34.6 Å². The minimum Gasteiger partial charge on any atom is -0.465 e. The van der Waals surface area contributed by atoms with Crippen molar-refractivity contribution in [3.63, 3.8) is 0 Å². The van der Waals surface area contributed by atoms with Crippen molar-refractivity contribution in [3.05, 3.63) is 35.9 Å². The number of unbranched alkanes of at least 4 members (excludes halogenated alkanes) is 3. The molecule has 1 aromatic rings. The number of rotatable bonds is 12. The molecule has 0 radical (unpaired) electrons. The average molecular weight is 1020 g/mol. The molecule has 38 heavy (non-hydrogen) atoms. The fourth-order valence-corrected chi connectivity index (χ4v) is 4.77. The number of benzene rings is 1. The van der Waals surface area contributed by atoms with Crippen molar-refractivity contribution in [1.82, 2.24) is 0 Å². The third-order valence-electron chi connectivity index (χ3n) is 4.55. The zero-order valence-electron chi connectivity index (χ0n) is 24.2. The minimum absolute atomic E-state index is 0.150. The molecule has 1 aromatic carbocycles. The number of hydrogen-bond donors (Lipinski definition) is 0. The van der Waals surface area contributed by atoms with E-state index in [1.54, 1.807) is 21.3 Å². The second kappa shape index (κ2) is 26.3. The lowest BCUT2D eigenvalue weighted by Gasteiger charge is -2.24. The first-order valence-electron chi connectivity index (χ1n) is 12.2. The summed E-state index contributed by atoms with van der Waals surface area (Å²) in [7, 11) is 2.47. The van der Waals surface area contributed by atoms with Gasteiger partial charge >= 0.3 is 14.8 Å². The second-order valence-electron chi connectivity index (χ2n) is 8.87. The number of esters is 1. The van der Waals surface area contributed by atoms with E-state index < -0.39 is 12.2 Å². The van der Waals surface area contributed by atoms with Crippen molar-refractivity contribution in [2.45, 2.75) is 77.1 Å². The number of halogens is 4. The predicted octanol–water partition coefficient (Wildman–Crippen LogP) is 9.73. The highest BCUT2D eigenvalue weighted by Gasteiger charge is 2.36. The van der Waals surface area contributed by atoms with Crippen molar-refractivity contribution in [2.24, 2.45) is 0 Å². The molecule has 0 spiro atoms. The van der Waals surface area contributed by atoms with Gasteiger partial charge in [-0.2, -0.15) is 5.26 Å². The van der Waals surface area contributed by atoms with E-state index in [4.69, 9.17) is 23.3 Å². The molecule has 1 rings (SSSR count). The van der Waals surface area contributed by atoms with Crippen LogP contribution in [-0.2, 0) is 22.8 Å². The molecule has 2 atom stereocenters. The maximum Gasteiger partial charge on any atom is 0.500 e. The van der Waals surface area contributed by atoms with E-state index in [2.05, 4.69) is 134 Å². The first-order chi connectivity index (χ1) is 17.6. The molecule has 0 aliphatic carbocycles. The number of carbonyl (C=O) groups is 1. The lowest BCUT2D eigenvalue weighted by atomic mass is 10.2. The van der Waals surface area contributed by atoms with Gasteiger partial charge in [0.25, 0.3) is 0 Å². The number of alkyl halides is 3. The molecule has 0 aliphatic rings. The molecule has 0 saturated heterocycles. The molecule has 0 heterocycles. The molecule has 2 unspecified atom stereocenters. The van der Waals surface area contributed by atoms with E-state index >= 15 is 0 Å². The van der Waals surface area contributed by atoms with Gasteiger partial charge in [0.15, 0.2) is 0 Å². The van der Waals surface area contributed by atoms with E-state index in [1.807, 2.05) is 33.8 Å². The average Bonchev–Trinajstić information content (AvgIpc) is 2.87. The molecule has 12 heteroatoms. The van der Waals surface area contributed by atoms with Gasteiger partial charge in [-0.05, 0) is 59.7 Å². The summed E-state index contributed by atoms with van der Waals surface area (Å²) in [5, 5.41) is 8.15. The van der Waals surface area contributed by atoms with E-state index in [0.29, 0.717) is 10.5 Å². The van der Waals surface area contributed by atoms with Crippen LogP contribution in [-0.4, -0.2) is 56.2 Å². The summed E-state index contributed by atoms with van der Waals surface area (Å²) in [6.45, 7) is 12.3. The fourth-order valence-electron chi connectivity index (χ4n) is 2.41. The second-order valence-corrected chi connectivity index (χ2v) is 22.8. The Labute approximate surface area is 289 Å². The third kappa shape index (κ3) is 27.8. The number of hydrogen-bond acceptors (Lipinski definition) is 6. The van der Waals surface area contributed by atoms with Crippen molar-refractivity contribution < 1.29 is 22.8 Å².